The van der Waals surface area contributed by atoms with Crippen LogP contribution in [0.3, 0.4) is 0 Å². The molecule has 0 spiro atoms. The third-order valence-corrected chi connectivity index (χ3v) is 6.91. The summed E-state index contributed by atoms with van der Waals surface area (Å²) in [5, 5.41) is 15.6. The second-order valence-electron chi connectivity index (χ2n) is 6.92. The summed E-state index contributed by atoms with van der Waals surface area (Å²) in [6, 6.07) is 13.4. The molecule has 1 amide bonds. The van der Waals surface area contributed by atoms with Crippen LogP contribution < -0.4 is 5.32 Å². The van der Waals surface area contributed by atoms with Gasteiger partial charge in [-0.05, 0) is 32.0 Å². The normalized spacial score (nSPS) is 11.0. The fourth-order valence-electron chi connectivity index (χ4n) is 3.03. The summed E-state index contributed by atoms with van der Waals surface area (Å²) in [6.07, 6.45) is 0. The van der Waals surface area contributed by atoms with E-state index in [0.29, 0.717) is 32.6 Å². The average molecular weight is 504 g/mol. The van der Waals surface area contributed by atoms with Crippen LogP contribution >= 0.6 is 46.3 Å². The molecule has 0 fully saturated rings. The minimum Gasteiger partial charge on any atom is -0.302 e. The second-order valence-corrected chi connectivity index (χ2v) is 9.56. The Bertz CT molecular complexity index is 1250. The fourth-order valence-corrected chi connectivity index (χ4v) is 5.07. The Morgan fingerprint density at radius 3 is 2.66 bits per heavy atom. The van der Waals surface area contributed by atoms with Crippen molar-refractivity contribution in [2.24, 2.45) is 0 Å². The van der Waals surface area contributed by atoms with E-state index in [4.69, 9.17) is 23.2 Å². The molecule has 0 radical (unpaired) electrons. The number of thioether (sulfide) groups is 1. The van der Waals surface area contributed by atoms with Gasteiger partial charge in [0, 0.05) is 28.1 Å². The van der Waals surface area contributed by atoms with Crippen LogP contribution in [0.4, 0.5) is 5.13 Å². The van der Waals surface area contributed by atoms with E-state index in [2.05, 4.69) is 20.5 Å². The van der Waals surface area contributed by atoms with Crippen molar-refractivity contribution in [1.82, 2.24) is 19.7 Å². The number of aryl methyl sites for hydroxylation is 1. The first-order valence-electron chi connectivity index (χ1n) is 9.78. The van der Waals surface area contributed by atoms with Gasteiger partial charge in [-0.1, -0.05) is 64.8 Å². The highest BCUT2D eigenvalue weighted by molar-refractivity contribution is 7.99. The van der Waals surface area contributed by atoms with Gasteiger partial charge in [-0.15, -0.1) is 21.5 Å². The van der Waals surface area contributed by atoms with Gasteiger partial charge in [0.15, 0.2) is 16.1 Å². The quantitative estimate of drug-likeness (QED) is 0.294. The number of amides is 1. The van der Waals surface area contributed by atoms with Crippen molar-refractivity contribution in [3.63, 3.8) is 0 Å². The lowest BCUT2D eigenvalue weighted by molar-refractivity contribution is -0.113. The maximum Gasteiger partial charge on any atom is 0.236 e. The Labute approximate surface area is 204 Å². The van der Waals surface area contributed by atoms with Gasteiger partial charge in [0.05, 0.1) is 16.5 Å². The minimum absolute atomic E-state index is 0.166. The van der Waals surface area contributed by atoms with Crippen molar-refractivity contribution >= 4 is 57.3 Å². The molecule has 0 atom stereocenters. The largest absolute Gasteiger partial charge is 0.302 e. The number of carbonyl (C=O) groups excluding carboxylic acids is 1. The zero-order chi connectivity index (χ0) is 22.7. The Kier molecular flexibility index (Phi) is 7.15. The fraction of sp³-hybridized carbons (Fsp3) is 0.182. The number of anilines is 1. The lowest BCUT2D eigenvalue weighted by Crippen LogP contribution is -2.14. The zero-order valence-corrected chi connectivity index (χ0v) is 20.4. The van der Waals surface area contributed by atoms with E-state index in [9.17, 15) is 4.79 Å². The molecule has 6 nitrogen and oxygen atoms in total. The van der Waals surface area contributed by atoms with Crippen molar-refractivity contribution in [3.05, 3.63) is 63.5 Å². The van der Waals surface area contributed by atoms with Crippen molar-refractivity contribution in [1.29, 1.82) is 0 Å². The Morgan fingerprint density at radius 1 is 1.16 bits per heavy atom. The molecule has 164 valence electrons. The number of nitrogens with one attached hydrogen (secondary N) is 1. The van der Waals surface area contributed by atoms with E-state index in [1.54, 1.807) is 12.1 Å². The van der Waals surface area contributed by atoms with Crippen LogP contribution in [0.5, 0.6) is 0 Å². The molecular formula is C22H19Cl2N5OS2. The van der Waals surface area contributed by atoms with Crippen molar-refractivity contribution in [2.75, 3.05) is 11.1 Å². The van der Waals surface area contributed by atoms with Crippen molar-refractivity contribution < 1.29 is 4.79 Å². The van der Waals surface area contributed by atoms with Gasteiger partial charge in [-0.3, -0.25) is 4.79 Å². The van der Waals surface area contributed by atoms with Gasteiger partial charge in [0.25, 0.3) is 0 Å². The highest BCUT2D eigenvalue weighted by atomic mass is 35.5. The summed E-state index contributed by atoms with van der Waals surface area (Å²) in [5.74, 6) is 0.822. The Morgan fingerprint density at radius 2 is 1.94 bits per heavy atom. The predicted molar refractivity (Wildman–Crippen MR) is 133 cm³/mol. The SMILES string of the molecule is CCn1c(SCC(=O)Nc2nc(-c3ccc(Cl)cc3Cl)cs2)nnc1-c1ccc(C)cc1. The molecule has 4 aromatic rings. The first-order valence-corrected chi connectivity index (χ1v) is 12.4. The molecule has 0 aliphatic rings. The van der Waals surface area contributed by atoms with Crippen LogP contribution in [0.2, 0.25) is 10.0 Å². The lowest BCUT2D eigenvalue weighted by atomic mass is 10.1. The molecule has 0 saturated heterocycles. The van der Waals surface area contributed by atoms with Crippen molar-refractivity contribution in [2.45, 2.75) is 25.5 Å². The summed E-state index contributed by atoms with van der Waals surface area (Å²) in [7, 11) is 0. The second kappa shape index (κ2) is 10.0. The smallest absolute Gasteiger partial charge is 0.236 e. The molecule has 32 heavy (non-hydrogen) atoms. The third kappa shape index (κ3) is 5.15. The summed E-state index contributed by atoms with van der Waals surface area (Å²) in [6.45, 7) is 4.78. The van der Waals surface area contributed by atoms with Crippen LogP contribution in [0.15, 0.2) is 53.0 Å². The Hall–Kier alpha value is -2.39. The standard InChI is InChI=1S/C22H19Cl2N5OS2/c1-3-29-20(14-6-4-13(2)5-7-14)27-28-22(29)32-12-19(30)26-21-25-18(11-31-21)16-9-8-15(23)10-17(16)24/h4-11H,3,12H2,1-2H3,(H,25,26,30). The van der Waals surface area contributed by atoms with Crippen molar-refractivity contribution in [3.8, 4) is 22.6 Å². The number of hydrogen-bond donors (Lipinski definition) is 1. The van der Waals surface area contributed by atoms with E-state index in [0.717, 1.165) is 17.0 Å². The van der Waals surface area contributed by atoms with Gasteiger partial charge in [-0.25, -0.2) is 4.98 Å². The van der Waals surface area contributed by atoms with Crippen LogP contribution in [-0.2, 0) is 11.3 Å². The minimum atomic E-state index is -0.166. The van der Waals surface area contributed by atoms with E-state index < -0.39 is 0 Å². The molecular weight excluding hydrogens is 485 g/mol. The van der Waals surface area contributed by atoms with Gasteiger partial charge in [-0.2, -0.15) is 0 Å². The van der Waals surface area contributed by atoms with Gasteiger partial charge in [0.1, 0.15) is 0 Å². The van der Waals surface area contributed by atoms with Crippen LogP contribution in [0, 0.1) is 6.92 Å². The van der Waals surface area contributed by atoms with Crippen LogP contribution in [0.1, 0.15) is 12.5 Å². The zero-order valence-electron chi connectivity index (χ0n) is 17.3. The van der Waals surface area contributed by atoms with Gasteiger partial charge < -0.3 is 9.88 Å². The first kappa shape index (κ1) is 22.8. The Balaban J connectivity index is 1.40. The number of rotatable bonds is 7. The molecule has 2 heterocycles. The van der Waals surface area contributed by atoms with Gasteiger partial charge >= 0.3 is 0 Å². The summed E-state index contributed by atoms with van der Waals surface area (Å²) in [4.78, 5) is 17.0. The highest BCUT2D eigenvalue weighted by Crippen LogP contribution is 2.32. The number of carbonyl (C=O) groups is 1. The maximum absolute atomic E-state index is 12.5. The molecule has 0 bridgehead atoms. The number of halogens is 2. The molecule has 4 rings (SSSR count). The molecule has 2 aromatic carbocycles. The molecule has 0 aliphatic heterocycles. The molecule has 10 heteroatoms. The summed E-state index contributed by atoms with van der Waals surface area (Å²) >= 11 is 14.9. The monoisotopic (exact) mass is 503 g/mol. The summed E-state index contributed by atoms with van der Waals surface area (Å²) in [5.41, 5.74) is 3.64. The number of aromatic nitrogens is 4. The topological polar surface area (TPSA) is 72.7 Å². The average Bonchev–Trinajstić information content (AvgIpc) is 3.39. The molecule has 0 unspecified atom stereocenters. The first-order chi connectivity index (χ1) is 15.4. The highest BCUT2D eigenvalue weighted by Gasteiger charge is 2.16. The van der Waals surface area contributed by atoms with E-state index in [1.165, 1.54) is 28.7 Å². The van der Waals surface area contributed by atoms with E-state index in [1.807, 2.05) is 54.1 Å². The number of benzene rings is 2. The number of hydrogen-bond acceptors (Lipinski definition) is 6. The summed E-state index contributed by atoms with van der Waals surface area (Å²) < 4.78 is 2.01. The van der Waals surface area contributed by atoms with E-state index >= 15 is 0 Å². The molecule has 0 saturated carbocycles. The predicted octanol–water partition coefficient (Wildman–Crippen LogP) is 6.43. The van der Waals surface area contributed by atoms with E-state index in [-0.39, 0.29) is 11.7 Å². The molecule has 0 aliphatic carbocycles. The number of nitrogens with zero attached hydrogens (tertiary/aromatic N) is 4. The van der Waals surface area contributed by atoms with Gasteiger partial charge in [0.2, 0.25) is 5.91 Å². The van der Waals surface area contributed by atoms with Crippen LogP contribution in [0.25, 0.3) is 22.6 Å². The lowest BCUT2D eigenvalue weighted by Gasteiger charge is -2.07. The maximum atomic E-state index is 12.5. The third-order valence-electron chi connectivity index (χ3n) is 4.63. The molecule has 1 N–H and O–H groups in total. The molecule has 2 aromatic heterocycles. The number of thiazole rings is 1. The van der Waals surface area contributed by atoms with Crippen LogP contribution in [-0.4, -0.2) is 31.4 Å².